The zero-order valence-electron chi connectivity index (χ0n) is 13.9. The summed E-state index contributed by atoms with van der Waals surface area (Å²) >= 11 is 1.25. The molecule has 0 aliphatic heterocycles. The Morgan fingerprint density at radius 1 is 1.12 bits per heavy atom. The maximum Gasteiger partial charge on any atom is 0.312 e. The highest BCUT2D eigenvalue weighted by Crippen LogP contribution is 2.19. The molecule has 0 unspecified atom stereocenters. The van der Waals surface area contributed by atoms with E-state index in [1.165, 1.54) is 15.9 Å². The number of rotatable bonds is 6. The first-order valence-electron chi connectivity index (χ1n) is 7.81. The lowest BCUT2D eigenvalue weighted by molar-refractivity contribution is -0.134. The third-order valence-corrected chi connectivity index (χ3v) is 3.91. The van der Waals surface area contributed by atoms with Gasteiger partial charge in [-0.1, -0.05) is 13.8 Å². The number of hydrogen-bond donors (Lipinski definition) is 0. The number of aromatic nitrogens is 1. The van der Waals surface area contributed by atoms with Gasteiger partial charge in [0.1, 0.15) is 5.75 Å². The van der Waals surface area contributed by atoms with Crippen molar-refractivity contribution in [1.29, 1.82) is 0 Å². The van der Waals surface area contributed by atoms with Crippen LogP contribution in [0.15, 0.2) is 34.6 Å². The van der Waals surface area contributed by atoms with Crippen molar-refractivity contribution in [2.45, 2.75) is 33.6 Å². The van der Waals surface area contributed by atoms with Crippen molar-refractivity contribution < 1.29 is 19.1 Å². The summed E-state index contributed by atoms with van der Waals surface area (Å²) < 4.78 is 12.0. The van der Waals surface area contributed by atoms with Crippen LogP contribution in [-0.4, -0.2) is 23.1 Å². The van der Waals surface area contributed by atoms with Gasteiger partial charge in [0.05, 0.1) is 17.7 Å². The lowest BCUT2D eigenvalue weighted by Crippen LogP contribution is -2.24. The maximum atomic E-state index is 12.2. The van der Waals surface area contributed by atoms with Gasteiger partial charge in [-0.25, -0.2) is 9.56 Å². The van der Waals surface area contributed by atoms with Crippen LogP contribution in [0.1, 0.15) is 38.4 Å². The van der Waals surface area contributed by atoms with E-state index in [0.29, 0.717) is 17.1 Å². The fraction of sp³-hybridized carbons (Fsp3) is 0.353. The van der Waals surface area contributed by atoms with E-state index in [-0.39, 0.29) is 24.6 Å². The molecule has 1 aromatic carbocycles. The topological polar surface area (TPSA) is 69.9 Å². The molecule has 24 heavy (non-hydrogen) atoms. The summed E-state index contributed by atoms with van der Waals surface area (Å²) in [7, 11) is 0. The van der Waals surface area contributed by atoms with Crippen LogP contribution in [0.25, 0.3) is 0 Å². The number of carbonyl (C=O) groups excluding carboxylic acids is 2. The van der Waals surface area contributed by atoms with Crippen molar-refractivity contribution in [3.63, 3.8) is 0 Å². The molecule has 0 N–H and O–H groups in total. The molecule has 2 rings (SSSR count). The molecule has 0 atom stereocenters. The number of benzene rings is 1. The highest BCUT2D eigenvalue weighted by Gasteiger charge is 2.15. The molecule has 0 aliphatic carbocycles. The van der Waals surface area contributed by atoms with E-state index in [0.717, 1.165) is 5.75 Å². The largest absolute Gasteiger partial charge is 0.494 e. The Bertz CT molecular complexity index is 775. The second-order valence-electron chi connectivity index (χ2n) is 4.81. The normalized spacial score (nSPS) is 11.4. The van der Waals surface area contributed by atoms with Crippen LogP contribution >= 0.6 is 11.3 Å². The second-order valence-corrected chi connectivity index (χ2v) is 5.64. The van der Waals surface area contributed by atoms with E-state index >= 15 is 0 Å². The fourth-order valence-corrected chi connectivity index (χ4v) is 2.73. The predicted molar refractivity (Wildman–Crippen MR) is 92.0 cm³/mol. The number of carbonyl (C=O) groups is 2. The van der Waals surface area contributed by atoms with Gasteiger partial charge in [-0.15, -0.1) is 11.3 Å². The Labute approximate surface area is 144 Å². The lowest BCUT2D eigenvalue weighted by atomic mass is 10.3. The zero-order chi connectivity index (χ0) is 17.5. The summed E-state index contributed by atoms with van der Waals surface area (Å²) in [6.45, 7) is 5.96. The first-order valence-corrected chi connectivity index (χ1v) is 8.69. The van der Waals surface area contributed by atoms with Crippen LogP contribution in [0.4, 0.5) is 5.69 Å². The minimum Gasteiger partial charge on any atom is -0.494 e. The van der Waals surface area contributed by atoms with Crippen LogP contribution in [0.5, 0.6) is 11.6 Å². The van der Waals surface area contributed by atoms with Crippen LogP contribution in [0.2, 0.25) is 0 Å². The van der Waals surface area contributed by atoms with Gasteiger partial charge in [-0.2, -0.15) is 0 Å². The van der Waals surface area contributed by atoms with Gasteiger partial charge in [0.25, 0.3) is 0 Å². The molecule has 1 aromatic heterocycles. The molecule has 0 saturated carbocycles. The van der Waals surface area contributed by atoms with Gasteiger partial charge in [0.2, 0.25) is 11.8 Å². The summed E-state index contributed by atoms with van der Waals surface area (Å²) in [5.41, 5.74) is 0.686. The molecular weight excluding hydrogens is 328 g/mol. The molecule has 0 aliphatic rings. The molecule has 1 heterocycles. The van der Waals surface area contributed by atoms with Gasteiger partial charge >= 0.3 is 5.97 Å². The number of esters is 1. The number of nitrogens with zero attached hydrogens (tertiary/aromatic N) is 2. The van der Waals surface area contributed by atoms with Crippen molar-refractivity contribution in [1.82, 2.24) is 4.57 Å². The van der Waals surface area contributed by atoms with Gasteiger partial charge < -0.3 is 9.47 Å². The monoisotopic (exact) mass is 348 g/mol. The lowest BCUT2D eigenvalue weighted by Gasteiger charge is -2.06. The summed E-state index contributed by atoms with van der Waals surface area (Å²) in [5.74, 6) is 0.402. The molecule has 0 saturated heterocycles. The third kappa shape index (κ3) is 4.32. The van der Waals surface area contributed by atoms with Crippen LogP contribution < -0.4 is 14.3 Å². The average Bonchev–Trinajstić information content (AvgIpc) is 2.98. The summed E-state index contributed by atoms with van der Waals surface area (Å²) in [5, 5.41) is 1.62. The quantitative estimate of drug-likeness (QED) is 0.749. The van der Waals surface area contributed by atoms with Gasteiger partial charge in [0.15, 0.2) is 4.80 Å². The number of ether oxygens (including phenoxy) is 2. The minimum absolute atomic E-state index is 0.181. The van der Waals surface area contributed by atoms with E-state index < -0.39 is 5.97 Å². The summed E-state index contributed by atoms with van der Waals surface area (Å²) in [4.78, 5) is 28.7. The van der Waals surface area contributed by atoms with E-state index in [4.69, 9.17) is 9.47 Å². The second kappa shape index (κ2) is 8.44. The minimum atomic E-state index is -0.391. The number of hydrogen-bond acceptors (Lipinski definition) is 6. The summed E-state index contributed by atoms with van der Waals surface area (Å²) in [6, 6.07) is 7.26. The standard InChI is InChI=1S/C17H20N2O4S/c1-4-14(20)19-15(23-16(21)5-2)11-24-17(19)18-12-7-9-13(10-8-12)22-6-3/h7-11H,4-6H2,1-3H3. The summed E-state index contributed by atoms with van der Waals surface area (Å²) in [6.07, 6.45) is 0.519. The molecule has 7 heteroatoms. The molecule has 0 radical (unpaired) electrons. The highest BCUT2D eigenvalue weighted by molar-refractivity contribution is 7.07. The van der Waals surface area contributed by atoms with Crippen LogP contribution in [0, 0.1) is 0 Å². The van der Waals surface area contributed by atoms with Gasteiger partial charge in [0, 0.05) is 12.8 Å². The van der Waals surface area contributed by atoms with Crippen molar-refractivity contribution in [3.8, 4) is 11.6 Å². The maximum absolute atomic E-state index is 12.2. The van der Waals surface area contributed by atoms with Crippen LogP contribution in [0.3, 0.4) is 0 Å². The Morgan fingerprint density at radius 2 is 1.83 bits per heavy atom. The Hall–Kier alpha value is -2.41. The molecule has 128 valence electrons. The molecule has 6 nitrogen and oxygen atoms in total. The fourth-order valence-electron chi connectivity index (χ4n) is 1.92. The van der Waals surface area contributed by atoms with Crippen molar-refractivity contribution in [2.24, 2.45) is 4.99 Å². The Balaban J connectivity index is 2.41. The van der Waals surface area contributed by atoms with Gasteiger partial charge in [-0.05, 0) is 31.2 Å². The predicted octanol–water partition coefficient (Wildman–Crippen LogP) is 3.55. The molecule has 0 bridgehead atoms. The smallest absolute Gasteiger partial charge is 0.312 e. The van der Waals surface area contributed by atoms with E-state index in [1.54, 1.807) is 19.2 Å². The van der Waals surface area contributed by atoms with Crippen molar-refractivity contribution >= 4 is 28.9 Å². The van der Waals surface area contributed by atoms with E-state index in [2.05, 4.69) is 4.99 Å². The van der Waals surface area contributed by atoms with E-state index in [9.17, 15) is 9.59 Å². The Kier molecular flexibility index (Phi) is 6.31. The van der Waals surface area contributed by atoms with Crippen molar-refractivity contribution in [2.75, 3.05) is 6.61 Å². The van der Waals surface area contributed by atoms with Crippen molar-refractivity contribution in [3.05, 3.63) is 34.4 Å². The SMILES string of the molecule is CCOc1ccc(N=c2scc(OC(=O)CC)n2C(=O)CC)cc1. The molecule has 2 aromatic rings. The molecular formula is C17H20N2O4S. The van der Waals surface area contributed by atoms with Crippen LogP contribution in [-0.2, 0) is 4.79 Å². The molecule has 0 amide bonds. The van der Waals surface area contributed by atoms with E-state index in [1.807, 2.05) is 31.2 Å². The Morgan fingerprint density at radius 3 is 2.42 bits per heavy atom. The zero-order valence-corrected chi connectivity index (χ0v) is 14.8. The third-order valence-electron chi connectivity index (χ3n) is 3.11. The number of thiazole rings is 1. The molecule has 0 fully saturated rings. The first-order chi connectivity index (χ1) is 11.6. The van der Waals surface area contributed by atoms with Gasteiger partial charge in [-0.3, -0.25) is 9.59 Å². The molecule has 0 spiro atoms. The highest BCUT2D eigenvalue weighted by atomic mass is 32.1. The average molecular weight is 348 g/mol. The first kappa shape index (κ1) is 17.9.